The lowest BCUT2D eigenvalue weighted by molar-refractivity contribution is 0.109. The molecule has 5 heteroatoms. The maximum Gasteiger partial charge on any atom is 0.138 e. The first-order valence-electron chi connectivity index (χ1n) is 7.27. The van der Waals surface area contributed by atoms with Gasteiger partial charge in [-0.1, -0.05) is 18.2 Å². The number of para-hydroxylation sites is 1. The van der Waals surface area contributed by atoms with E-state index in [9.17, 15) is 0 Å². The number of hydrogen-bond donors (Lipinski definition) is 1. The number of fused-ring (bicyclic) bond motifs is 2. The number of nitrogen functional groups attached to an aromatic ring is 1. The molecular weight excluding hydrogens is 266 g/mol. The summed E-state index contributed by atoms with van der Waals surface area (Å²) in [5, 5.41) is 0. The van der Waals surface area contributed by atoms with Crippen molar-refractivity contribution < 1.29 is 9.47 Å². The number of benzene rings is 1. The van der Waals surface area contributed by atoms with E-state index >= 15 is 0 Å². The molecule has 0 saturated carbocycles. The molecule has 2 N–H and O–H groups in total. The van der Waals surface area contributed by atoms with Crippen LogP contribution in [0.15, 0.2) is 24.3 Å². The molecule has 0 spiro atoms. The predicted octanol–water partition coefficient (Wildman–Crippen LogP) is 2.05. The molecule has 108 valence electrons. The van der Waals surface area contributed by atoms with Gasteiger partial charge in [0.15, 0.2) is 0 Å². The minimum absolute atomic E-state index is 0.158. The summed E-state index contributed by atoms with van der Waals surface area (Å²) in [5.41, 5.74) is 9.24. The Bertz CT molecular complexity index is 687. The van der Waals surface area contributed by atoms with Crippen LogP contribution in [-0.4, -0.2) is 23.2 Å². The summed E-state index contributed by atoms with van der Waals surface area (Å²) < 4.78 is 11.1. The summed E-state index contributed by atoms with van der Waals surface area (Å²) in [5.74, 6) is 2.45. The van der Waals surface area contributed by atoms with Gasteiger partial charge in [-0.2, -0.15) is 0 Å². The third-order valence-electron chi connectivity index (χ3n) is 4.14. The fourth-order valence-electron chi connectivity index (χ4n) is 3.04. The van der Waals surface area contributed by atoms with Crippen molar-refractivity contribution in [2.45, 2.75) is 25.4 Å². The quantitative estimate of drug-likeness (QED) is 0.867. The van der Waals surface area contributed by atoms with Crippen LogP contribution in [0.25, 0.3) is 0 Å². The van der Waals surface area contributed by atoms with E-state index in [1.807, 2.05) is 18.2 Å². The third-order valence-corrected chi connectivity index (χ3v) is 4.14. The van der Waals surface area contributed by atoms with Crippen molar-refractivity contribution in [3.05, 3.63) is 46.9 Å². The number of nitrogens with zero attached hydrogens (tertiary/aromatic N) is 2. The smallest absolute Gasteiger partial charge is 0.138 e. The molecule has 1 aromatic carbocycles. The summed E-state index contributed by atoms with van der Waals surface area (Å²) in [4.78, 5) is 9.31. The van der Waals surface area contributed by atoms with Gasteiger partial charge in [-0.05, 0) is 12.5 Å². The van der Waals surface area contributed by atoms with Crippen LogP contribution in [0.5, 0.6) is 5.75 Å². The zero-order chi connectivity index (χ0) is 14.2. The molecule has 1 unspecified atom stereocenters. The van der Waals surface area contributed by atoms with E-state index in [1.165, 1.54) is 0 Å². The monoisotopic (exact) mass is 283 g/mol. The average Bonchev–Trinajstić information content (AvgIpc) is 2.54. The summed E-state index contributed by atoms with van der Waals surface area (Å²) >= 11 is 0. The van der Waals surface area contributed by atoms with Crippen molar-refractivity contribution in [1.29, 1.82) is 0 Å². The van der Waals surface area contributed by atoms with Gasteiger partial charge in [0.2, 0.25) is 0 Å². The van der Waals surface area contributed by atoms with Gasteiger partial charge in [-0.15, -0.1) is 0 Å². The van der Waals surface area contributed by atoms with E-state index in [2.05, 4.69) is 11.1 Å². The van der Waals surface area contributed by atoms with Crippen LogP contribution in [-0.2, 0) is 17.8 Å². The molecule has 5 nitrogen and oxygen atoms in total. The number of hydrogen-bond acceptors (Lipinski definition) is 5. The maximum absolute atomic E-state index is 6.11. The molecule has 2 aliphatic rings. The molecule has 0 saturated heterocycles. The van der Waals surface area contributed by atoms with Crippen LogP contribution in [0.1, 0.15) is 35.0 Å². The Kier molecular flexibility index (Phi) is 3.00. The second kappa shape index (κ2) is 5.00. The van der Waals surface area contributed by atoms with Gasteiger partial charge in [-0.25, -0.2) is 9.97 Å². The zero-order valence-corrected chi connectivity index (χ0v) is 11.7. The highest BCUT2D eigenvalue weighted by atomic mass is 16.5. The first kappa shape index (κ1) is 12.6. The van der Waals surface area contributed by atoms with Gasteiger partial charge < -0.3 is 15.2 Å². The number of rotatable bonds is 1. The van der Waals surface area contributed by atoms with Gasteiger partial charge in [0, 0.05) is 17.5 Å². The Morgan fingerprint density at radius 2 is 2.05 bits per heavy atom. The highest BCUT2D eigenvalue weighted by molar-refractivity contribution is 5.46. The molecule has 0 bridgehead atoms. The van der Waals surface area contributed by atoms with Crippen LogP contribution in [0.2, 0.25) is 0 Å². The molecule has 0 fully saturated rings. The van der Waals surface area contributed by atoms with Crippen molar-refractivity contribution in [3.8, 4) is 5.75 Å². The highest BCUT2D eigenvalue weighted by Crippen LogP contribution is 2.37. The molecule has 1 atom stereocenters. The SMILES string of the molecule is Nc1nc(C2CCOc3ccccc32)nc2c1COCC2. The van der Waals surface area contributed by atoms with Crippen LogP contribution in [0.3, 0.4) is 0 Å². The first-order chi connectivity index (χ1) is 10.3. The van der Waals surface area contributed by atoms with E-state index < -0.39 is 0 Å². The van der Waals surface area contributed by atoms with Crippen LogP contribution in [0, 0.1) is 0 Å². The molecule has 3 heterocycles. The Hall–Kier alpha value is -2.14. The van der Waals surface area contributed by atoms with Crippen LogP contribution < -0.4 is 10.5 Å². The van der Waals surface area contributed by atoms with Crippen LogP contribution >= 0.6 is 0 Å². The molecule has 0 amide bonds. The standard InChI is InChI=1S/C16H17N3O2/c17-15-12-9-20-7-6-13(12)18-16(19-15)11-5-8-21-14-4-2-1-3-10(11)14/h1-4,11H,5-9H2,(H2,17,18,19). The Labute approximate surface area is 123 Å². The van der Waals surface area contributed by atoms with E-state index in [1.54, 1.807) is 0 Å². The molecule has 0 radical (unpaired) electrons. The number of aromatic nitrogens is 2. The summed E-state index contributed by atoms with van der Waals surface area (Å²) in [6.07, 6.45) is 1.69. The lowest BCUT2D eigenvalue weighted by Crippen LogP contribution is -2.21. The third kappa shape index (κ3) is 2.14. The van der Waals surface area contributed by atoms with Gasteiger partial charge >= 0.3 is 0 Å². The van der Waals surface area contributed by atoms with Gasteiger partial charge in [0.25, 0.3) is 0 Å². The lowest BCUT2D eigenvalue weighted by atomic mass is 9.92. The summed E-state index contributed by atoms with van der Waals surface area (Å²) in [7, 11) is 0. The van der Waals surface area contributed by atoms with Crippen molar-refractivity contribution in [2.24, 2.45) is 0 Å². The second-order valence-electron chi connectivity index (χ2n) is 5.42. The Balaban J connectivity index is 1.79. The van der Waals surface area contributed by atoms with Gasteiger partial charge in [0.05, 0.1) is 31.4 Å². The van der Waals surface area contributed by atoms with E-state index in [0.717, 1.165) is 41.2 Å². The normalized spacial score (nSPS) is 20.3. The van der Waals surface area contributed by atoms with Gasteiger partial charge in [0.1, 0.15) is 17.4 Å². The molecule has 1 aromatic heterocycles. The largest absolute Gasteiger partial charge is 0.493 e. The molecule has 21 heavy (non-hydrogen) atoms. The summed E-state index contributed by atoms with van der Waals surface area (Å²) in [6.45, 7) is 1.91. The molecule has 0 aliphatic carbocycles. The fraction of sp³-hybridized carbons (Fsp3) is 0.375. The number of nitrogens with two attached hydrogens (primary N) is 1. The van der Waals surface area contributed by atoms with Crippen molar-refractivity contribution in [1.82, 2.24) is 9.97 Å². The van der Waals surface area contributed by atoms with Gasteiger partial charge in [-0.3, -0.25) is 0 Å². The zero-order valence-electron chi connectivity index (χ0n) is 11.7. The lowest BCUT2D eigenvalue weighted by Gasteiger charge is -2.26. The van der Waals surface area contributed by atoms with Crippen LogP contribution in [0.4, 0.5) is 5.82 Å². The molecule has 4 rings (SSSR count). The number of ether oxygens (including phenoxy) is 2. The van der Waals surface area contributed by atoms with Crippen molar-refractivity contribution in [2.75, 3.05) is 18.9 Å². The topological polar surface area (TPSA) is 70.3 Å². The highest BCUT2D eigenvalue weighted by Gasteiger charge is 2.27. The van der Waals surface area contributed by atoms with E-state index in [4.69, 9.17) is 20.2 Å². The minimum atomic E-state index is 0.158. The van der Waals surface area contributed by atoms with Crippen molar-refractivity contribution >= 4 is 5.82 Å². The van der Waals surface area contributed by atoms with E-state index in [-0.39, 0.29) is 5.92 Å². The average molecular weight is 283 g/mol. The van der Waals surface area contributed by atoms with Crippen molar-refractivity contribution in [3.63, 3.8) is 0 Å². The molecule has 2 aromatic rings. The Morgan fingerprint density at radius 3 is 3.00 bits per heavy atom. The fourth-order valence-corrected chi connectivity index (χ4v) is 3.04. The predicted molar refractivity (Wildman–Crippen MR) is 78.2 cm³/mol. The Morgan fingerprint density at radius 1 is 1.14 bits per heavy atom. The second-order valence-corrected chi connectivity index (χ2v) is 5.42. The minimum Gasteiger partial charge on any atom is -0.493 e. The molecular formula is C16H17N3O2. The van der Waals surface area contributed by atoms with E-state index in [0.29, 0.717) is 25.6 Å². The maximum atomic E-state index is 6.11. The molecule has 2 aliphatic heterocycles. The first-order valence-corrected chi connectivity index (χ1v) is 7.27. The number of anilines is 1. The summed E-state index contributed by atoms with van der Waals surface area (Å²) in [6, 6.07) is 8.09.